The zero-order chi connectivity index (χ0) is 11.7. The predicted octanol–water partition coefficient (Wildman–Crippen LogP) is 3.24. The van der Waals surface area contributed by atoms with Crippen molar-refractivity contribution in [2.45, 2.75) is 6.42 Å². The van der Waals surface area contributed by atoms with E-state index >= 15 is 0 Å². The molecule has 0 aromatic heterocycles. The van der Waals surface area contributed by atoms with Gasteiger partial charge in [-0.25, -0.2) is 0 Å². The molecule has 0 fully saturated rings. The zero-order valence-corrected chi connectivity index (χ0v) is 9.33. The van der Waals surface area contributed by atoms with Crippen molar-refractivity contribution in [3.05, 3.63) is 59.2 Å². The largest absolute Gasteiger partial charge is 0.106 e. The number of rotatable bonds is 0. The van der Waals surface area contributed by atoms with Crippen LogP contribution in [0.5, 0.6) is 0 Å². The molecule has 0 amide bonds. The van der Waals surface area contributed by atoms with E-state index in [4.69, 9.17) is 6.42 Å². The summed E-state index contributed by atoms with van der Waals surface area (Å²) in [6, 6.07) is 14.8. The fourth-order valence-corrected chi connectivity index (χ4v) is 2.33. The topological polar surface area (TPSA) is 0 Å². The SMILES string of the molecule is C#CC#Cc1ccc2c(c1)Cc1ccccc1-2. The van der Waals surface area contributed by atoms with E-state index in [1.807, 2.05) is 6.07 Å². The Bertz CT molecular complexity index is 688. The maximum Gasteiger partial charge on any atom is 0.0258 e. The molecule has 1 aliphatic rings. The molecular weight excluding hydrogens is 204 g/mol. The molecule has 0 radical (unpaired) electrons. The first-order chi connectivity index (χ1) is 8.38. The van der Waals surface area contributed by atoms with Crippen LogP contribution in [0.2, 0.25) is 0 Å². The molecule has 0 spiro atoms. The number of terminal acetylenes is 1. The van der Waals surface area contributed by atoms with Gasteiger partial charge in [0.1, 0.15) is 0 Å². The van der Waals surface area contributed by atoms with Gasteiger partial charge in [0, 0.05) is 5.56 Å². The number of hydrogen-bond donors (Lipinski definition) is 0. The van der Waals surface area contributed by atoms with E-state index in [1.165, 1.54) is 22.3 Å². The van der Waals surface area contributed by atoms with Crippen molar-refractivity contribution in [2.24, 2.45) is 0 Å². The lowest BCUT2D eigenvalue weighted by molar-refractivity contribution is 1.26. The summed E-state index contributed by atoms with van der Waals surface area (Å²) >= 11 is 0. The third-order valence-electron chi connectivity index (χ3n) is 3.07. The number of benzene rings is 2. The Morgan fingerprint density at radius 1 is 0.941 bits per heavy atom. The Balaban J connectivity index is 2.11. The van der Waals surface area contributed by atoms with E-state index in [0.717, 1.165) is 12.0 Å². The Kier molecular flexibility index (Phi) is 2.21. The number of fused-ring (bicyclic) bond motifs is 3. The summed E-state index contributed by atoms with van der Waals surface area (Å²) in [5, 5.41) is 0. The fourth-order valence-electron chi connectivity index (χ4n) is 2.33. The van der Waals surface area contributed by atoms with Crippen molar-refractivity contribution < 1.29 is 0 Å². The van der Waals surface area contributed by atoms with E-state index in [0.29, 0.717) is 0 Å². The van der Waals surface area contributed by atoms with Crippen LogP contribution in [0.3, 0.4) is 0 Å². The normalized spacial score (nSPS) is 10.8. The molecule has 2 aromatic carbocycles. The molecule has 0 unspecified atom stereocenters. The van der Waals surface area contributed by atoms with E-state index in [1.54, 1.807) is 0 Å². The van der Waals surface area contributed by atoms with E-state index < -0.39 is 0 Å². The molecule has 2 aromatic rings. The molecule has 0 atom stereocenters. The molecular formula is C17H10. The van der Waals surface area contributed by atoms with E-state index in [-0.39, 0.29) is 0 Å². The maximum atomic E-state index is 5.13. The maximum absolute atomic E-state index is 5.13. The van der Waals surface area contributed by atoms with Crippen LogP contribution >= 0.6 is 0 Å². The minimum absolute atomic E-state index is 0.995. The van der Waals surface area contributed by atoms with Gasteiger partial charge in [-0.2, -0.15) is 0 Å². The van der Waals surface area contributed by atoms with Gasteiger partial charge in [-0.3, -0.25) is 0 Å². The molecule has 0 N–H and O–H groups in total. The van der Waals surface area contributed by atoms with Crippen molar-refractivity contribution in [3.63, 3.8) is 0 Å². The molecule has 0 bridgehead atoms. The molecule has 0 aliphatic heterocycles. The molecule has 1 aliphatic carbocycles. The zero-order valence-electron chi connectivity index (χ0n) is 9.33. The summed E-state index contributed by atoms with van der Waals surface area (Å²) in [5.74, 6) is 7.96. The first-order valence-corrected chi connectivity index (χ1v) is 5.56. The van der Waals surface area contributed by atoms with Crippen LogP contribution in [0.4, 0.5) is 0 Å². The molecule has 0 saturated carbocycles. The smallest absolute Gasteiger partial charge is 0.0258 e. The van der Waals surface area contributed by atoms with Gasteiger partial charge in [0.25, 0.3) is 0 Å². The Morgan fingerprint density at radius 2 is 1.76 bits per heavy atom. The molecule has 78 valence electrons. The van der Waals surface area contributed by atoms with Crippen LogP contribution in [0.15, 0.2) is 42.5 Å². The molecule has 0 saturated heterocycles. The van der Waals surface area contributed by atoms with Gasteiger partial charge in [0.05, 0.1) is 0 Å². The van der Waals surface area contributed by atoms with Crippen molar-refractivity contribution in [1.29, 1.82) is 0 Å². The van der Waals surface area contributed by atoms with Crippen molar-refractivity contribution in [2.75, 3.05) is 0 Å². The summed E-state index contributed by atoms with van der Waals surface area (Å²) in [6.07, 6.45) is 6.13. The summed E-state index contributed by atoms with van der Waals surface area (Å²) < 4.78 is 0. The van der Waals surface area contributed by atoms with Gasteiger partial charge in [0.15, 0.2) is 0 Å². The first-order valence-electron chi connectivity index (χ1n) is 5.56. The predicted molar refractivity (Wildman–Crippen MR) is 70.4 cm³/mol. The van der Waals surface area contributed by atoms with Crippen LogP contribution in [0.25, 0.3) is 11.1 Å². The molecule has 0 heterocycles. The first kappa shape index (κ1) is 9.76. The van der Waals surface area contributed by atoms with Crippen LogP contribution < -0.4 is 0 Å². The summed E-state index contributed by atoms with van der Waals surface area (Å²) in [5.41, 5.74) is 6.40. The van der Waals surface area contributed by atoms with Gasteiger partial charge in [-0.05, 0) is 52.6 Å². The molecule has 0 nitrogen and oxygen atoms in total. The van der Waals surface area contributed by atoms with Crippen molar-refractivity contribution in [3.8, 4) is 35.3 Å². The Morgan fingerprint density at radius 3 is 2.65 bits per heavy atom. The Hall–Kier alpha value is -2.44. The quantitative estimate of drug-likeness (QED) is 0.504. The van der Waals surface area contributed by atoms with Gasteiger partial charge in [-0.1, -0.05) is 36.3 Å². The standard InChI is InChI=1S/C17H10/c1-2-3-6-13-9-10-17-15(11-13)12-14-7-4-5-8-16(14)17/h1,4-5,7-11H,12H2. The monoisotopic (exact) mass is 214 g/mol. The third-order valence-corrected chi connectivity index (χ3v) is 3.07. The molecule has 0 heteroatoms. The minimum atomic E-state index is 0.995. The highest BCUT2D eigenvalue weighted by molar-refractivity contribution is 5.77. The van der Waals surface area contributed by atoms with Crippen LogP contribution in [-0.2, 0) is 6.42 Å². The van der Waals surface area contributed by atoms with Gasteiger partial charge >= 0.3 is 0 Å². The third kappa shape index (κ3) is 1.61. The lowest BCUT2D eigenvalue weighted by atomic mass is 10.0. The highest BCUT2D eigenvalue weighted by atomic mass is 14.2. The summed E-state index contributed by atoms with van der Waals surface area (Å²) in [6.45, 7) is 0. The average Bonchev–Trinajstić information content (AvgIpc) is 2.74. The van der Waals surface area contributed by atoms with Crippen LogP contribution in [0.1, 0.15) is 16.7 Å². The number of hydrogen-bond acceptors (Lipinski definition) is 0. The van der Waals surface area contributed by atoms with Crippen molar-refractivity contribution in [1.82, 2.24) is 0 Å². The fraction of sp³-hybridized carbons (Fsp3) is 0.0588. The minimum Gasteiger partial charge on any atom is -0.106 e. The highest BCUT2D eigenvalue weighted by Gasteiger charge is 2.17. The second-order valence-electron chi connectivity index (χ2n) is 4.10. The second-order valence-corrected chi connectivity index (χ2v) is 4.10. The molecule has 17 heavy (non-hydrogen) atoms. The van der Waals surface area contributed by atoms with Crippen molar-refractivity contribution >= 4 is 0 Å². The Labute approximate surface area is 101 Å². The average molecular weight is 214 g/mol. The molecule has 3 rings (SSSR count). The summed E-state index contributed by atoms with van der Waals surface area (Å²) in [4.78, 5) is 0. The highest BCUT2D eigenvalue weighted by Crippen LogP contribution is 2.36. The van der Waals surface area contributed by atoms with Gasteiger partial charge in [0.2, 0.25) is 0 Å². The lowest BCUT2D eigenvalue weighted by Crippen LogP contribution is -1.82. The van der Waals surface area contributed by atoms with E-state index in [9.17, 15) is 0 Å². The van der Waals surface area contributed by atoms with Gasteiger partial charge < -0.3 is 0 Å². The summed E-state index contributed by atoms with van der Waals surface area (Å²) in [7, 11) is 0. The lowest BCUT2D eigenvalue weighted by Gasteiger charge is -2.00. The van der Waals surface area contributed by atoms with E-state index in [2.05, 4.69) is 54.2 Å². The van der Waals surface area contributed by atoms with Gasteiger partial charge in [-0.15, -0.1) is 6.42 Å². The second kappa shape index (κ2) is 3.85. The van der Waals surface area contributed by atoms with Crippen LogP contribution in [0, 0.1) is 24.2 Å². The van der Waals surface area contributed by atoms with Crippen LogP contribution in [-0.4, -0.2) is 0 Å².